The molecule has 0 saturated heterocycles. The van der Waals surface area contributed by atoms with Crippen LogP contribution in [0.15, 0.2) is 48.8 Å². The van der Waals surface area contributed by atoms with Gasteiger partial charge in [-0.15, -0.1) is 0 Å². The highest BCUT2D eigenvalue weighted by atomic mass is 16.5. The van der Waals surface area contributed by atoms with Gasteiger partial charge in [0.05, 0.1) is 12.2 Å². The molecule has 0 fully saturated rings. The highest BCUT2D eigenvalue weighted by Crippen LogP contribution is 2.30. The van der Waals surface area contributed by atoms with Crippen LogP contribution in [0.5, 0.6) is 11.5 Å². The van der Waals surface area contributed by atoms with Crippen LogP contribution in [-0.2, 0) is 6.42 Å². The van der Waals surface area contributed by atoms with Gasteiger partial charge in [-0.05, 0) is 42.7 Å². The van der Waals surface area contributed by atoms with E-state index >= 15 is 0 Å². The average Bonchev–Trinajstić information content (AvgIpc) is 2.91. The Bertz CT molecular complexity index is 1240. The quantitative estimate of drug-likeness (QED) is 0.167. The van der Waals surface area contributed by atoms with Gasteiger partial charge in [-0.1, -0.05) is 58.1 Å². The summed E-state index contributed by atoms with van der Waals surface area (Å²) in [6.45, 7) is 4.72. The number of nitriles is 2. The molecule has 0 radical (unpaired) electrons. The molecule has 184 valence electrons. The number of carbonyl (C=O) groups is 1. The van der Waals surface area contributed by atoms with Crippen LogP contribution in [0.1, 0.15) is 79.4 Å². The number of benzene rings is 2. The second-order valence-electron chi connectivity index (χ2n) is 8.43. The minimum atomic E-state index is -0.634. The fraction of sp³-hybridized carbons (Fsp3) is 0.345. The fourth-order valence-electron chi connectivity index (χ4n) is 3.72. The van der Waals surface area contributed by atoms with Crippen LogP contribution in [0.2, 0.25) is 0 Å². The minimum Gasteiger partial charge on any atom is -0.492 e. The predicted octanol–water partition coefficient (Wildman–Crippen LogP) is 6.41. The number of rotatable bonds is 12. The molecule has 3 aromatic rings. The Labute approximate surface area is 212 Å². The third kappa shape index (κ3) is 6.90. The molecule has 0 atom stereocenters. The maximum atomic E-state index is 12.8. The Morgan fingerprint density at radius 1 is 0.833 bits per heavy atom. The summed E-state index contributed by atoms with van der Waals surface area (Å²) in [5.41, 5.74) is 2.20. The van der Waals surface area contributed by atoms with E-state index in [1.807, 2.05) is 24.5 Å². The predicted molar refractivity (Wildman–Crippen MR) is 137 cm³/mol. The van der Waals surface area contributed by atoms with Crippen LogP contribution in [0, 0.1) is 22.7 Å². The lowest BCUT2D eigenvalue weighted by Gasteiger charge is -2.12. The Balaban J connectivity index is 1.69. The lowest BCUT2D eigenvalue weighted by Crippen LogP contribution is -2.10. The summed E-state index contributed by atoms with van der Waals surface area (Å²) in [6, 6.07) is 13.8. The van der Waals surface area contributed by atoms with Gasteiger partial charge in [-0.2, -0.15) is 10.5 Å². The van der Waals surface area contributed by atoms with Gasteiger partial charge in [0.25, 0.3) is 0 Å². The zero-order chi connectivity index (χ0) is 25.8. The van der Waals surface area contributed by atoms with E-state index in [-0.39, 0.29) is 16.9 Å². The average molecular weight is 483 g/mol. The molecule has 0 aliphatic heterocycles. The van der Waals surface area contributed by atoms with Crippen molar-refractivity contribution in [3.05, 3.63) is 71.0 Å². The number of nitrogens with zero attached hydrogens (tertiary/aromatic N) is 4. The first kappa shape index (κ1) is 26.4. The minimum absolute atomic E-state index is 0.0215. The highest BCUT2D eigenvalue weighted by Gasteiger charge is 2.19. The maximum absolute atomic E-state index is 12.8. The third-order valence-electron chi connectivity index (χ3n) is 5.68. The van der Waals surface area contributed by atoms with Crippen LogP contribution < -0.4 is 9.47 Å². The van der Waals surface area contributed by atoms with Crippen molar-refractivity contribution < 1.29 is 14.3 Å². The number of ether oxygens (including phenoxy) is 2. The van der Waals surface area contributed by atoms with E-state index in [1.54, 1.807) is 30.3 Å². The Morgan fingerprint density at radius 3 is 2.11 bits per heavy atom. The Morgan fingerprint density at radius 2 is 1.47 bits per heavy atom. The number of aromatic nitrogens is 2. The molecular formula is C29H30N4O3. The first-order valence-corrected chi connectivity index (χ1v) is 12.3. The smallest absolute Gasteiger partial charge is 0.343 e. The number of carbonyl (C=O) groups excluding carboxylic acids is 1. The van der Waals surface area contributed by atoms with Crippen LogP contribution in [0.25, 0.3) is 11.4 Å². The van der Waals surface area contributed by atoms with Crippen molar-refractivity contribution in [2.45, 2.75) is 58.8 Å². The second kappa shape index (κ2) is 13.6. The zero-order valence-electron chi connectivity index (χ0n) is 20.8. The monoisotopic (exact) mass is 482 g/mol. The zero-order valence-corrected chi connectivity index (χ0v) is 20.8. The van der Waals surface area contributed by atoms with Crippen molar-refractivity contribution in [2.75, 3.05) is 6.61 Å². The largest absolute Gasteiger partial charge is 0.492 e. The topological polar surface area (TPSA) is 109 Å². The SMILES string of the molecule is CCCCCCCOc1ccc(OC(=O)c2ccc(-c3ncc(CCC)cn3)cc2)c(C#N)c1C#N. The fourth-order valence-corrected chi connectivity index (χ4v) is 3.72. The summed E-state index contributed by atoms with van der Waals surface area (Å²) in [7, 11) is 0. The van der Waals surface area contributed by atoms with Gasteiger partial charge in [0.1, 0.15) is 29.0 Å². The maximum Gasteiger partial charge on any atom is 0.343 e. The van der Waals surface area contributed by atoms with Crippen molar-refractivity contribution in [1.29, 1.82) is 10.5 Å². The molecule has 1 aromatic heterocycles. The van der Waals surface area contributed by atoms with Crippen molar-refractivity contribution in [2.24, 2.45) is 0 Å². The van der Waals surface area contributed by atoms with Crippen molar-refractivity contribution in [1.82, 2.24) is 9.97 Å². The van der Waals surface area contributed by atoms with Gasteiger partial charge >= 0.3 is 5.97 Å². The molecule has 0 bridgehead atoms. The molecule has 7 heteroatoms. The molecule has 0 unspecified atom stereocenters. The molecule has 0 aliphatic carbocycles. The number of esters is 1. The Hall–Kier alpha value is -4.23. The Kier molecular flexibility index (Phi) is 9.97. The molecule has 0 aliphatic rings. The van der Waals surface area contributed by atoms with E-state index in [4.69, 9.17) is 9.47 Å². The molecule has 0 amide bonds. The van der Waals surface area contributed by atoms with Crippen LogP contribution >= 0.6 is 0 Å². The van der Waals surface area contributed by atoms with Gasteiger partial charge in [0.2, 0.25) is 0 Å². The van der Waals surface area contributed by atoms with E-state index in [1.165, 1.54) is 12.5 Å². The first-order chi connectivity index (χ1) is 17.6. The normalized spacial score (nSPS) is 10.3. The van der Waals surface area contributed by atoms with Gasteiger partial charge in [0.15, 0.2) is 11.6 Å². The standard InChI is InChI=1S/C29H30N4O3/c1-3-5-6-7-8-16-35-26-14-15-27(25(18-31)24(26)17-30)36-29(34)23-12-10-22(11-13-23)28-32-19-21(9-4-2)20-33-28/h10-15,19-20H,3-9,16H2,1-2H3. The molecule has 7 nitrogen and oxygen atoms in total. The summed E-state index contributed by atoms with van der Waals surface area (Å²) in [5.74, 6) is 0.277. The molecule has 3 rings (SSSR count). The van der Waals surface area contributed by atoms with Crippen LogP contribution in [0.4, 0.5) is 0 Å². The van der Waals surface area contributed by atoms with Gasteiger partial charge in [0, 0.05) is 18.0 Å². The number of hydrogen-bond acceptors (Lipinski definition) is 7. The molecular weight excluding hydrogens is 452 g/mol. The van der Waals surface area contributed by atoms with E-state index < -0.39 is 5.97 Å². The van der Waals surface area contributed by atoms with Crippen molar-refractivity contribution >= 4 is 5.97 Å². The number of hydrogen-bond donors (Lipinski definition) is 0. The summed E-state index contributed by atoms with van der Waals surface area (Å²) < 4.78 is 11.2. The highest BCUT2D eigenvalue weighted by molar-refractivity contribution is 5.92. The molecule has 0 spiro atoms. The molecule has 2 aromatic carbocycles. The number of aryl methyl sites for hydroxylation is 1. The summed E-state index contributed by atoms with van der Waals surface area (Å²) in [6.07, 6.45) is 11.0. The molecule has 0 saturated carbocycles. The second-order valence-corrected chi connectivity index (χ2v) is 8.43. The van der Waals surface area contributed by atoms with Crippen molar-refractivity contribution in [3.63, 3.8) is 0 Å². The van der Waals surface area contributed by atoms with Gasteiger partial charge in [-0.25, -0.2) is 14.8 Å². The van der Waals surface area contributed by atoms with E-state index in [0.717, 1.165) is 49.7 Å². The van der Waals surface area contributed by atoms with Gasteiger partial charge < -0.3 is 9.47 Å². The first-order valence-electron chi connectivity index (χ1n) is 12.3. The summed E-state index contributed by atoms with van der Waals surface area (Å²) in [4.78, 5) is 21.5. The van der Waals surface area contributed by atoms with E-state index in [9.17, 15) is 15.3 Å². The lowest BCUT2D eigenvalue weighted by atomic mass is 10.1. The molecule has 1 heterocycles. The van der Waals surface area contributed by atoms with Crippen LogP contribution in [0.3, 0.4) is 0 Å². The lowest BCUT2D eigenvalue weighted by molar-refractivity contribution is 0.0734. The van der Waals surface area contributed by atoms with E-state index in [2.05, 4.69) is 23.8 Å². The van der Waals surface area contributed by atoms with E-state index in [0.29, 0.717) is 23.7 Å². The van der Waals surface area contributed by atoms with Crippen molar-refractivity contribution in [3.8, 4) is 35.0 Å². The molecule has 0 N–H and O–H groups in total. The van der Waals surface area contributed by atoms with Gasteiger partial charge in [-0.3, -0.25) is 0 Å². The molecule has 36 heavy (non-hydrogen) atoms. The summed E-state index contributed by atoms with van der Waals surface area (Å²) in [5, 5.41) is 19.3. The van der Waals surface area contributed by atoms with Crippen LogP contribution in [-0.4, -0.2) is 22.5 Å². The summed E-state index contributed by atoms with van der Waals surface area (Å²) >= 11 is 0. The number of unbranched alkanes of at least 4 members (excludes halogenated alkanes) is 4. The third-order valence-corrected chi connectivity index (χ3v) is 5.68.